The first-order chi connectivity index (χ1) is 14.6. The molecule has 4 rings (SSSR count). The Labute approximate surface area is 182 Å². The van der Waals surface area contributed by atoms with Gasteiger partial charge in [-0.15, -0.1) is 0 Å². The third-order valence-electron chi connectivity index (χ3n) is 4.34. The van der Waals surface area contributed by atoms with Crippen LogP contribution in [0.2, 0.25) is 5.02 Å². The summed E-state index contributed by atoms with van der Waals surface area (Å²) in [6.45, 7) is 0.162. The van der Waals surface area contributed by atoms with Crippen molar-refractivity contribution >= 4 is 44.2 Å². The van der Waals surface area contributed by atoms with Gasteiger partial charge in [-0.2, -0.15) is 0 Å². The molecule has 152 valence electrons. The number of benzene rings is 2. The van der Waals surface area contributed by atoms with E-state index in [4.69, 9.17) is 21.1 Å². The minimum atomic E-state index is -0.221. The van der Waals surface area contributed by atoms with Crippen LogP contribution in [-0.4, -0.2) is 29.6 Å². The molecule has 4 aromatic rings. The van der Waals surface area contributed by atoms with Crippen molar-refractivity contribution in [3.05, 3.63) is 77.6 Å². The van der Waals surface area contributed by atoms with Crippen LogP contribution < -0.4 is 14.4 Å². The third-order valence-corrected chi connectivity index (χ3v) is 5.62. The van der Waals surface area contributed by atoms with Gasteiger partial charge in [0.1, 0.15) is 11.5 Å². The van der Waals surface area contributed by atoms with Gasteiger partial charge in [-0.3, -0.25) is 14.7 Å². The predicted octanol–water partition coefficient (Wildman–Crippen LogP) is 4.97. The second kappa shape index (κ2) is 9.11. The molecule has 0 atom stereocenters. The number of fused-ring (bicyclic) bond motifs is 1. The molecule has 0 unspecified atom stereocenters. The minimum Gasteiger partial charge on any atom is -0.497 e. The third kappa shape index (κ3) is 4.69. The van der Waals surface area contributed by atoms with E-state index >= 15 is 0 Å². The number of pyridine rings is 1. The Morgan fingerprint density at radius 3 is 2.63 bits per heavy atom. The lowest BCUT2D eigenvalue weighted by molar-refractivity contribution is -0.120. The number of nitrogens with zero attached hydrogens (tertiary/aromatic N) is 3. The smallest absolute Gasteiger partial charge is 0.267 e. The molecule has 0 aliphatic heterocycles. The number of thiazole rings is 1. The van der Waals surface area contributed by atoms with Crippen molar-refractivity contribution < 1.29 is 14.3 Å². The Morgan fingerprint density at radius 2 is 1.90 bits per heavy atom. The van der Waals surface area contributed by atoms with E-state index in [-0.39, 0.29) is 12.5 Å². The minimum absolute atomic E-state index is 0.129. The van der Waals surface area contributed by atoms with Crippen molar-refractivity contribution in [3.8, 4) is 11.5 Å². The van der Waals surface area contributed by atoms with E-state index in [2.05, 4.69) is 9.97 Å². The maximum absolute atomic E-state index is 13.1. The van der Waals surface area contributed by atoms with Gasteiger partial charge in [-0.05, 0) is 54.6 Å². The summed E-state index contributed by atoms with van der Waals surface area (Å²) in [5, 5.41) is 1.20. The molecule has 2 aromatic heterocycles. The number of ether oxygens (including phenoxy) is 2. The van der Waals surface area contributed by atoms with Crippen LogP contribution in [0.15, 0.2) is 66.9 Å². The lowest BCUT2D eigenvalue weighted by atomic mass is 10.3. The number of carbonyl (C=O) groups is 1. The van der Waals surface area contributed by atoms with Gasteiger partial charge in [0.15, 0.2) is 11.7 Å². The van der Waals surface area contributed by atoms with Crippen LogP contribution in [0.3, 0.4) is 0 Å². The predicted molar refractivity (Wildman–Crippen MR) is 119 cm³/mol. The van der Waals surface area contributed by atoms with Crippen LogP contribution in [0, 0.1) is 0 Å². The highest BCUT2D eigenvalue weighted by Crippen LogP contribution is 2.31. The molecule has 2 aromatic carbocycles. The maximum Gasteiger partial charge on any atom is 0.267 e. The first-order valence-corrected chi connectivity index (χ1v) is 10.3. The molecule has 2 heterocycles. The fraction of sp³-hybridized carbons (Fsp3) is 0.136. The molecule has 0 spiro atoms. The largest absolute Gasteiger partial charge is 0.497 e. The van der Waals surface area contributed by atoms with Crippen molar-refractivity contribution in [3.63, 3.8) is 0 Å². The normalized spacial score (nSPS) is 10.7. The van der Waals surface area contributed by atoms with E-state index in [1.165, 1.54) is 11.3 Å². The Kier molecular flexibility index (Phi) is 6.11. The summed E-state index contributed by atoms with van der Waals surface area (Å²) < 4.78 is 11.7. The monoisotopic (exact) mass is 439 g/mol. The van der Waals surface area contributed by atoms with Gasteiger partial charge < -0.3 is 9.47 Å². The van der Waals surface area contributed by atoms with Gasteiger partial charge in [0.25, 0.3) is 5.91 Å². The number of carbonyl (C=O) groups excluding carboxylic acids is 1. The van der Waals surface area contributed by atoms with Crippen molar-refractivity contribution in [2.24, 2.45) is 0 Å². The van der Waals surface area contributed by atoms with Gasteiger partial charge in [-0.25, -0.2) is 4.98 Å². The van der Waals surface area contributed by atoms with E-state index in [1.54, 1.807) is 48.5 Å². The van der Waals surface area contributed by atoms with Gasteiger partial charge in [0.05, 0.1) is 29.6 Å². The number of rotatable bonds is 7. The number of hydrogen-bond donors (Lipinski definition) is 0. The zero-order valence-electron chi connectivity index (χ0n) is 16.1. The molecular formula is C22H18ClN3O3S. The molecule has 0 aliphatic rings. The molecule has 0 aliphatic carbocycles. The quantitative estimate of drug-likeness (QED) is 0.407. The summed E-state index contributed by atoms with van der Waals surface area (Å²) in [4.78, 5) is 23.6. The summed E-state index contributed by atoms with van der Waals surface area (Å²) in [6.07, 6.45) is 1.70. The Bertz CT molecular complexity index is 1150. The van der Waals surface area contributed by atoms with Crippen molar-refractivity contribution in [2.45, 2.75) is 6.54 Å². The number of halogens is 1. The molecule has 0 bridgehead atoms. The molecular weight excluding hydrogens is 422 g/mol. The lowest BCUT2D eigenvalue weighted by Gasteiger charge is -2.19. The number of hydrogen-bond acceptors (Lipinski definition) is 6. The highest BCUT2D eigenvalue weighted by atomic mass is 35.5. The Hall–Kier alpha value is -3.16. The molecule has 0 saturated heterocycles. The van der Waals surface area contributed by atoms with E-state index < -0.39 is 0 Å². The zero-order chi connectivity index (χ0) is 20.9. The summed E-state index contributed by atoms with van der Waals surface area (Å²) in [7, 11) is 1.60. The van der Waals surface area contributed by atoms with E-state index in [9.17, 15) is 4.79 Å². The SMILES string of the molecule is COc1ccc(OCC(=O)N(Cc2ccccn2)c2nc3ccc(Cl)cc3s2)cc1. The molecule has 0 saturated carbocycles. The topological polar surface area (TPSA) is 64.6 Å². The Balaban J connectivity index is 1.57. The fourth-order valence-electron chi connectivity index (χ4n) is 2.81. The number of methoxy groups -OCH3 is 1. The summed E-state index contributed by atoms with van der Waals surface area (Å²) in [5.41, 5.74) is 1.54. The van der Waals surface area contributed by atoms with Crippen LogP contribution in [-0.2, 0) is 11.3 Å². The second-order valence-electron chi connectivity index (χ2n) is 6.37. The summed E-state index contributed by atoms with van der Waals surface area (Å²) in [5.74, 6) is 1.08. The van der Waals surface area contributed by atoms with Crippen LogP contribution in [0.5, 0.6) is 11.5 Å². The lowest BCUT2D eigenvalue weighted by Crippen LogP contribution is -2.34. The van der Waals surface area contributed by atoms with E-state index in [0.29, 0.717) is 22.4 Å². The van der Waals surface area contributed by atoms with Gasteiger partial charge in [0.2, 0.25) is 0 Å². The molecule has 1 amide bonds. The van der Waals surface area contributed by atoms with Gasteiger partial charge in [0, 0.05) is 11.2 Å². The highest BCUT2D eigenvalue weighted by molar-refractivity contribution is 7.22. The summed E-state index contributed by atoms with van der Waals surface area (Å²) in [6, 6.07) is 18.1. The average Bonchev–Trinajstić information content (AvgIpc) is 3.19. The second-order valence-corrected chi connectivity index (χ2v) is 7.82. The number of anilines is 1. The summed E-state index contributed by atoms with van der Waals surface area (Å²) >= 11 is 7.50. The first kappa shape index (κ1) is 20.1. The van der Waals surface area contributed by atoms with Crippen molar-refractivity contribution in [1.82, 2.24) is 9.97 Å². The van der Waals surface area contributed by atoms with Gasteiger partial charge in [-0.1, -0.05) is 29.0 Å². The molecule has 0 N–H and O–H groups in total. The maximum atomic E-state index is 13.1. The average molecular weight is 440 g/mol. The van der Waals surface area contributed by atoms with Crippen molar-refractivity contribution in [1.29, 1.82) is 0 Å². The standard InChI is InChI=1S/C22H18ClN3O3S/c1-28-17-6-8-18(9-7-17)29-14-21(27)26(13-16-4-2-3-11-24-16)22-25-19-10-5-15(23)12-20(19)30-22/h2-12H,13-14H2,1H3. The van der Waals surface area contributed by atoms with Crippen molar-refractivity contribution in [2.75, 3.05) is 18.6 Å². The highest BCUT2D eigenvalue weighted by Gasteiger charge is 2.21. The van der Waals surface area contributed by atoms with Crippen LogP contribution in [0.4, 0.5) is 5.13 Å². The molecule has 0 radical (unpaired) electrons. The van der Waals surface area contributed by atoms with E-state index in [0.717, 1.165) is 21.7 Å². The van der Waals surface area contributed by atoms with E-state index in [1.807, 2.05) is 30.3 Å². The van der Waals surface area contributed by atoms with Crippen LogP contribution in [0.25, 0.3) is 10.2 Å². The van der Waals surface area contributed by atoms with Crippen LogP contribution in [0.1, 0.15) is 5.69 Å². The van der Waals surface area contributed by atoms with Crippen LogP contribution >= 0.6 is 22.9 Å². The number of aromatic nitrogens is 2. The molecule has 30 heavy (non-hydrogen) atoms. The zero-order valence-corrected chi connectivity index (χ0v) is 17.7. The molecule has 0 fully saturated rings. The fourth-order valence-corrected chi connectivity index (χ4v) is 4.07. The van der Waals surface area contributed by atoms with Gasteiger partial charge >= 0.3 is 0 Å². The molecule has 8 heteroatoms. The Morgan fingerprint density at radius 1 is 1.10 bits per heavy atom. The first-order valence-electron chi connectivity index (χ1n) is 9.15. The molecule has 6 nitrogen and oxygen atoms in total. The number of amides is 1.